The highest BCUT2D eigenvalue weighted by Gasteiger charge is 2.28. The molecule has 5 nitrogen and oxygen atoms in total. The van der Waals surface area contributed by atoms with Crippen LogP contribution < -0.4 is 15.0 Å². The Balaban J connectivity index is 1.48. The molecule has 1 unspecified atom stereocenters. The summed E-state index contributed by atoms with van der Waals surface area (Å²) in [6.07, 6.45) is 4.73. The topological polar surface area (TPSA) is 44.8 Å². The van der Waals surface area contributed by atoms with Crippen molar-refractivity contribution in [1.82, 2.24) is 10.2 Å². The number of nitrogens with zero attached hydrogens (tertiary/aromatic N) is 2. The summed E-state index contributed by atoms with van der Waals surface area (Å²) in [5.41, 5.74) is 1.19. The van der Waals surface area contributed by atoms with Crippen molar-refractivity contribution in [1.29, 1.82) is 0 Å². The molecule has 1 aromatic rings. The van der Waals surface area contributed by atoms with Gasteiger partial charge in [0, 0.05) is 44.0 Å². The maximum absolute atomic E-state index is 12.6. The molecule has 1 aromatic carbocycles. The second-order valence-electron chi connectivity index (χ2n) is 7.87. The number of benzene rings is 1. The molecule has 5 heteroatoms. The van der Waals surface area contributed by atoms with Gasteiger partial charge in [-0.3, -0.25) is 9.69 Å². The minimum atomic E-state index is -0.0539. The maximum Gasteiger partial charge on any atom is 0.237 e. The van der Waals surface area contributed by atoms with Crippen LogP contribution in [0.1, 0.15) is 39.5 Å². The predicted molar refractivity (Wildman–Crippen MR) is 106 cm³/mol. The van der Waals surface area contributed by atoms with E-state index in [0.29, 0.717) is 6.04 Å². The van der Waals surface area contributed by atoms with Crippen LogP contribution in [-0.2, 0) is 4.79 Å². The van der Waals surface area contributed by atoms with Crippen molar-refractivity contribution in [2.24, 2.45) is 5.92 Å². The van der Waals surface area contributed by atoms with Gasteiger partial charge < -0.3 is 15.0 Å². The van der Waals surface area contributed by atoms with E-state index in [4.69, 9.17) is 4.74 Å². The number of anilines is 1. The standard InChI is InChI=1S/C21H33N3O2/c1-16-7-9-18(10-8-16)22-21(25)17(2)23-11-13-24(14-12-23)19-5-4-6-20(15-19)26-3/h4-6,15-18H,7-14H2,1-3H3,(H,22,25). The second kappa shape index (κ2) is 8.76. The summed E-state index contributed by atoms with van der Waals surface area (Å²) in [6.45, 7) is 8.04. The van der Waals surface area contributed by atoms with Crippen LogP contribution in [0.15, 0.2) is 24.3 Å². The molecule has 0 bridgehead atoms. The Bertz CT molecular complexity index is 591. The fraction of sp³-hybridized carbons (Fsp3) is 0.667. The first-order chi connectivity index (χ1) is 12.6. The van der Waals surface area contributed by atoms with E-state index in [-0.39, 0.29) is 11.9 Å². The summed E-state index contributed by atoms with van der Waals surface area (Å²) >= 11 is 0. The first-order valence-corrected chi connectivity index (χ1v) is 10.00. The van der Waals surface area contributed by atoms with Crippen molar-refractivity contribution in [3.8, 4) is 5.75 Å². The Morgan fingerprint density at radius 2 is 1.85 bits per heavy atom. The molecule has 1 N–H and O–H groups in total. The quantitative estimate of drug-likeness (QED) is 0.878. The first-order valence-electron chi connectivity index (χ1n) is 10.00. The third-order valence-corrected chi connectivity index (χ3v) is 6.02. The van der Waals surface area contributed by atoms with Crippen molar-refractivity contribution in [3.05, 3.63) is 24.3 Å². The van der Waals surface area contributed by atoms with Gasteiger partial charge in [0.15, 0.2) is 0 Å². The SMILES string of the molecule is COc1cccc(N2CCN(C(C)C(=O)NC3CCC(C)CC3)CC2)c1. The molecule has 1 atom stereocenters. The van der Waals surface area contributed by atoms with Crippen molar-refractivity contribution in [2.75, 3.05) is 38.2 Å². The van der Waals surface area contributed by atoms with Gasteiger partial charge in [-0.2, -0.15) is 0 Å². The summed E-state index contributed by atoms with van der Waals surface area (Å²) in [7, 11) is 1.70. The number of ether oxygens (including phenoxy) is 1. The summed E-state index contributed by atoms with van der Waals surface area (Å²) in [5, 5.41) is 3.28. The number of methoxy groups -OCH3 is 1. The predicted octanol–water partition coefficient (Wildman–Crippen LogP) is 2.90. The van der Waals surface area contributed by atoms with Crippen LogP contribution in [0.5, 0.6) is 5.75 Å². The van der Waals surface area contributed by atoms with Crippen LogP contribution >= 0.6 is 0 Å². The van der Waals surface area contributed by atoms with E-state index in [1.165, 1.54) is 18.5 Å². The highest BCUT2D eigenvalue weighted by molar-refractivity contribution is 5.81. The normalized spacial score (nSPS) is 25.6. The van der Waals surface area contributed by atoms with Crippen molar-refractivity contribution in [2.45, 2.75) is 51.6 Å². The maximum atomic E-state index is 12.6. The van der Waals surface area contributed by atoms with Gasteiger partial charge in [-0.15, -0.1) is 0 Å². The van der Waals surface area contributed by atoms with E-state index in [2.05, 4.69) is 34.2 Å². The summed E-state index contributed by atoms with van der Waals surface area (Å²) in [5.74, 6) is 1.89. The van der Waals surface area contributed by atoms with Gasteiger partial charge in [0.25, 0.3) is 0 Å². The molecule has 1 amide bonds. The number of hydrogen-bond donors (Lipinski definition) is 1. The van der Waals surface area contributed by atoms with Gasteiger partial charge in [0.2, 0.25) is 5.91 Å². The van der Waals surface area contributed by atoms with E-state index in [0.717, 1.165) is 50.7 Å². The zero-order chi connectivity index (χ0) is 18.5. The van der Waals surface area contributed by atoms with Crippen LogP contribution in [0.4, 0.5) is 5.69 Å². The molecule has 1 heterocycles. The third-order valence-electron chi connectivity index (χ3n) is 6.02. The van der Waals surface area contributed by atoms with Gasteiger partial charge in [-0.05, 0) is 50.7 Å². The summed E-state index contributed by atoms with van der Waals surface area (Å²) in [6, 6.07) is 8.52. The van der Waals surface area contributed by atoms with Crippen molar-refractivity contribution in [3.63, 3.8) is 0 Å². The van der Waals surface area contributed by atoms with Crippen LogP contribution in [-0.4, -0.2) is 56.2 Å². The lowest BCUT2D eigenvalue weighted by Crippen LogP contribution is -2.55. The van der Waals surface area contributed by atoms with E-state index in [1.54, 1.807) is 7.11 Å². The molecular formula is C21H33N3O2. The van der Waals surface area contributed by atoms with Crippen LogP contribution in [0.25, 0.3) is 0 Å². The largest absolute Gasteiger partial charge is 0.497 e. The average Bonchev–Trinajstić information content (AvgIpc) is 2.69. The van der Waals surface area contributed by atoms with Crippen LogP contribution in [0.3, 0.4) is 0 Å². The first kappa shape index (κ1) is 19.0. The molecule has 0 spiro atoms. The number of amides is 1. The minimum Gasteiger partial charge on any atom is -0.497 e. The zero-order valence-corrected chi connectivity index (χ0v) is 16.4. The Hall–Kier alpha value is -1.75. The summed E-state index contributed by atoms with van der Waals surface area (Å²) < 4.78 is 5.33. The smallest absolute Gasteiger partial charge is 0.237 e. The molecular weight excluding hydrogens is 326 g/mol. The third kappa shape index (κ3) is 4.70. The molecule has 2 aliphatic rings. The van der Waals surface area contributed by atoms with Crippen LogP contribution in [0.2, 0.25) is 0 Å². The molecule has 0 aromatic heterocycles. The highest BCUT2D eigenvalue weighted by Crippen LogP contribution is 2.24. The molecule has 2 fully saturated rings. The molecule has 3 rings (SSSR count). The van der Waals surface area contributed by atoms with Crippen molar-refractivity contribution >= 4 is 11.6 Å². The number of hydrogen-bond acceptors (Lipinski definition) is 4. The molecule has 1 aliphatic carbocycles. The second-order valence-corrected chi connectivity index (χ2v) is 7.87. The van der Waals surface area contributed by atoms with E-state index >= 15 is 0 Å². The number of rotatable bonds is 5. The lowest BCUT2D eigenvalue weighted by Gasteiger charge is -2.39. The molecule has 1 saturated heterocycles. The van der Waals surface area contributed by atoms with Gasteiger partial charge in [-0.1, -0.05) is 13.0 Å². The lowest BCUT2D eigenvalue weighted by atomic mass is 9.87. The summed E-state index contributed by atoms with van der Waals surface area (Å²) in [4.78, 5) is 17.3. The molecule has 26 heavy (non-hydrogen) atoms. The number of piperazine rings is 1. The monoisotopic (exact) mass is 359 g/mol. The Morgan fingerprint density at radius 3 is 2.50 bits per heavy atom. The van der Waals surface area contributed by atoms with E-state index in [9.17, 15) is 4.79 Å². The van der Waals surface area contributed by atoms with E-state index in [1.807, 2.05) is 19.1 Å². The highest BCUT2D eigenvalue weighted by atomic mass is 16.5. The number of carbonyl (C=O) groups excluding carboxylic acids is 1. The lowest BCUT2D eigenvalue weighted by molar-refractivity contribution is -0.127. The molecule has 1 aliphatic heterocycles. The number of carbonyl (C=O) groups is 1. The van der Waals surface area contributed by atoms with Crippen LogP contribution in [0, 0.1) is 5.92 Å². The van der Waals surface area contributed by atoms with Gasteiger partial charge >= 0.3 is 0 Å². The van der Waals surface area contributed by atoms with Gasteiger partial charge in [-0.25, -0.2) is 0 Å². The fourth-order valence-electron chi connectivity index (χ4n) is 4.07. The zero-order valence-electron chi connectivity index (χ0n) is 16.4. The van der Waals surface area contributed by atoms with Gasteiger partial charge in [0.1, 0.15) is 5.75 Å². The fourth-order valence-corrected chi connectivity index (χ4v) is 4.07. The molecule has 144 valence electrons. The van der Waals surface area contributed by atoms with E-state index < -0.39 is 0 Å². The van der Waals surface area contributed by atoms with Crippen molar-refractivity contribution < 1.29 is 9.53 Å². The molecule has 0 radical (unpaired) electrons. The Labute approximate surface area is 157 Å². The Morgan fingerprint density at radius 1 is 1.15 bits per heavy atom. The molecule has 1 saturated carbocycles. The number of nitrogens with one attached hydrogen (secondary N) is 1. The minimum absolute atomic E-state index is 0.0539. The average molecular weight is 360 g/mol. The Kier molecular flexibility index (Phi) is 6.41. The van der Waals surface area contributed by atoms with Gasteiger partial charge in [0.05, 0.1) is 13.2 Å².